The molecule has 0 atom stereocenters. The van der Waals surface area contributed by atoms with Crippen LogP contribution in [0.5, 0.6) is 0 Å². The molecule has 7 nitrogen and oxygen atoms in total. The van der Waals surface area contributed by atoms with Gasteiger partial charge in [-0.15, -0.1) is 0 Å². The molecule has 0 bridgehead atoms. The lowest BCUT2D eigenvalue weighted by molar-refractivity contribution is -0.480. The Balaban J connectivity index is 1.68. The van der Waals surface area contributed by atoms with Crippen LogP contribution in [0.3, 0.4) is 0 Å². The number of hydrogen-bond donors (Lipinski definition) is 1. The number of amides is 1. The second-order valence-electron chi connectivity index (χ2n) is 6.95. The van der Waals surface area contributed by atoms with Crippen LogP contribution in [-0.4, -0.2) is 52.1 Å². The maximum absolute atomic E-state index is 12.4. The van der Waals surface area contributed by atoms with E-state index in [0.29, 0.717) is 37.3 Å². The number of hydrazine groups is 1. The molecule has 0 aromatic carbocycles. The van der Waals surface area contributed by atoms with Gasteiger partial charge in [0.1, 0.15) is 0 Å². The van der Waals surface area contributed by atoms with Gasteiger partial charge < -0.3 is 5.32 Å². The van der Waals surface area contributed by atoms with Crippen molar-refractivity contribution in [1.82, 2.24) is 15.3 Å². The summed E-state index contributed by atoms with van der Waals surface area (Å²) in [5, 5.41) is 17.8. The molecule has 1 N–H and O–H groups in total. The average Bonchev–Trinajstić information content (AvgIpc) is 3.12. The van der Waals surface area contributed by atoms with Crippen LogP contribution >= 0.6 is 12.2 Å². The van der Waals surface area contributed by atoms with E-state index in [1.165, 1.54) is 31.3 Å². The summed E-state index contributed by atoms with van der Waals surface area (Å²) in [4.78, 5) is 22.4. The van der Waals surface area contributed by atoms with Crippen LogP contribution in [0, 0.1) is 10.1 Å². The van der Waals surface area contributed by atoms with E-state index >= 15 is 0 Å². The van der Waals surface area contributed by atoms with Crippen molar-refractivity contribution in [2.24, 2.45) is 0 Å². The van der Waals surface area contributed by atoms with Gasteiger partial charge in [0, 0.05) is 37.4 Å². The second kappa shape index (κ2) is 11.1. The molecule has 0 aromatic rings. The van der Waals surface area contributed by atoms with Crippen LogP contribution in [0.25, 0.3) is 0 Å². The van der Waals surface area contributed by atoms with Crippen LogP contribution in [0.4, 0.5) is 0 Å². The molecular weight excluding hydrogens is 352 g/mol. The van der Waals surface area contributed by atoms with E-state index in [1.807, 2.05) is 5.01 Å². The molecule has 2 aliphatic rings. The number of nitro groups is 1. The summed E-state index contributed by atoms with van der Waals surface area (Å²) < 4.78 is 0. The zero-order valence-electron chi connectivity index (χ0n) is 15.5. The molecular formula is C18H30N4O3S. The van der Waals surface area contributed by atoms with Crippen molar-refractivity contribution in [3.63, 3.8) is 0 Å². The van der Waals surface area contributed by atoms with Crippen molar-refractivity contribution < 1.29 is 9.72 Å². The summed E-state index contributed by atoms with van der Waals surface area (Å²) >= 11 is 5.49. The highest BCUT2D eigenvalue weighted by Crippen LogP contribution is 2.19. The zero-order valence-corrected chi connectivity index (χ0v) is 16.3. The van der Waals surface area contributed by atoms with Gasteiger partial charge >= 0.3 is 0 Å². The molecule has 26 heavy (non-hydrogen) atoms. The Bertz CT molecular complexity index is 539. The SMILES string of the molecule is O=C(CCCCC[N+](=O)[O-])N1CCCN1C(=S)NCCC1=CCCCC1. The predicted octanol–water partition coefficient (Wildman–Crippen LogP) is 3.04. The van der Waals surface area contributed by atoms with Gasteiger partial charge in [-0.1, -0.05) is 11.6 Å². The Kier molecular flexibility index (Phi) is 8.80. The van der Waals surface area contributed by atoms with E-state index in [2.05, 4.69) is 11.4 Å². The number of carbonyl (C=O) groups excluding carboxylic acids is 1. The summed E-state index contributed by atoms with van der Waals surface area (Å²) in [5.41, 5.74) is 1.51. The maximum Gasteiger partial charge on any atom is 0.241 e. The number of nitrogens with one attached hydrogen (secondary N) is 1. The van der Waals surface area contributed by atoms with E-state index in [4.69, 9.17) is 12.2 Å². The van der Waals surface area contributed by atoms with Crippen molar-refractivity contribution in [3.05, 3.63) is 21.8 Å². The number of thiocarbonyl (C=S) groups is 1. The Morgan fingerprint density at radius 3 is 2.73 bits per heavy atom. The van der Waals surface area contributed by atoms with Gasteiger partial charge in [0.25, 0.3) is 0 Å². The van der Waals surface area contributed by atoms with Crippen LogP contribution in [-0.2, 0) is 4.79 Å². The molecule has 0 spiro atoms. The van der Waals surface area contributed by atoms with E-state index < -0.39 is 0 Å². The molecule has 1 heterocycles. The number of allylic oxidation sites excluding steroid dienone is 1. The molecule has 2 rings (SSSR count). The molecule has 1 aliphatic carbocycles. The molecule has 0 saturated carbocycles. The van der Waals surface area contributed by atoms with Crippen LogP contribution in [0.1, 0.15) is 64.2 Å². The quantitative estimate of drug-likeness (QED) is 0.217. The second-order valence-corrected chi connectivity index (χ2v) is 7.34. The van der Waals surface area contributed by atoms with Crippen LogP contribution in [0.2, 0.25) is 0 Å². The fraction of sp³-hybridized carbons (Fsp3) is 0.778. The largest absolute Gasteiger partial charge is 0.361 e. The Morgan fingerprint density at radius 1 is 1.19 bits per heavy atom. The van der Waals surface area contributed by atoms with Crippen molar-refractivity contribution in [3.8, 4) is 0 Å². The summed E-state index contributed by atoms with van der Waals surface area (Å²) in [5.74, 6) is 0.0581. The smallest absolute Gasteiger partial charge is 0.241 e. The standard InChI is InChI=1S/C18H30N4O3S/c23-17(10-5-2-6-15-22(24)25)20-13-7-14-21(20)18(26)19-12-11-16-8-3-1-4-9-16/h8H,1-7,9-15H2,(H,19,26). The first-order valence-electron chi connectivity index (χ1n) is 9.73. The topological polar surface area (TPSA) is 78.7 Å². The Hall–Kier alpha value is -1.70. The summed E-state index contributed by atoms with van der Waals surface area (Å²) in [6.07, 6.45) is 11.6. The van der Waals surface area contributed by atoms with Gasteiger partial charge in [0.15, 0.2) is 5.11 Å². The first-order valence-corrected chi connectivity index (χ1v) is 10.1. The third-order valence-electron chi connectivity index (χ3n) is 4.89. The minimum absolute atomic E-state index is 0.0194. The zero-order chi connectivity index (χ0) is 18.8. The highest BCUT2D eigenvalue weighted by Gasteiger charge is 2.28. The average molecular weight is 383 g/mol. The Morgan fingerprint density at radius 2 is 2.00 bits per heavy atom. The molecule has 8 heteroatoms. The summed E-state index contributed by atoms with van der Waals surface area (Å²) in [7, 11) is 0. The molecule has 1 amide bonds. The highest BCUT2D eigenvalue weighted by atomic mass is 32.1. The Labute approximate surface area is 160 Å². The number of rotatable bonds is 9. The van der Waals surface area contributed by atoms with E-state index in [1.54, 1.807) is 5.01 Å². The van der Waals surface area contributed by atoms with Gasteiger partial charge in [0.2, 0.25) is 12.5 Å². The summed E-state index contributed by atoms with van der Waals surface area (Å²) in [6.45, 7) is 2.25. The lowest BCUT2D eigenvalue weighted by Gasteiger charge is -2.30. The van der Waals surface area contributed by atoms with E-state index in [0.717, 1.165) is 25.9 Å². The van der Waals surface area contributed by atoms with Gasteiger partial charge in [-0.3, -0.25) is 24.9 Å². The molecule has 0 unspecified atom stereocenters. The van der Waals surface area contributed by atoms with Crippen molar-refractivity contribution in [2.75, 3.05) is 26.2 Å². The first kappa shape index (κ1) is 20.6. The molecule has 1 fully saturated rings. The van der Waals surface area contributed by atoms with Gasteiger partial charge in [0.05, 0.1) is 0 Å². The van der Waals surface area contributed by atoms with E-state index in [-0.39, 0.29) is 17.4 Å². The summed E-state index contributed by atoms with van der Waals surface area (Å²) in [6, 6.07) is 0. The lowest BCUT2D eigenvalue weighted by atomic mass is 9.97. The van der Waals surface area contributed by atoms with Gasteiger partial charge in [-0.2, -0.15) is 0 Å². The molecule has 0 aromatic heterocycles. The third kappa shape index (κ3) is 6.90. The lowest BCUT2D eigenvalue weighted by Crippen LogP contribution is -2.49. The van der Waals surface area contributed by atoms with Gasteiger partial charge in [-0.25, -0.2) is 0 Å². The highest BCUT2D eigenvalue weighted by molar-refractivity contribution is 7.80. The number of nitrogens with zero attached hydrogens (tertiary/aromatic N) is 3. The fourth-order valence-electron chi connectivity index (χ4n) is 3.46. The van der Waals surface area contributed by atoms with Gasteiger partial charge in [-0.05, 0) is 63.6 Å². The number of hydrogen-bond acceptors (Lipinski definition) is 4. The number of unbranched alkanes of at least 4 members (excludes halogenated alkanes) is 2. The number of carbonyl (C=O) groups is 1. The molecule has 1 saturated heterocycles. The maximum atomic E-state index is 12.4. The monoisotopic (exact) mass is 382 g/mol. The van der Waals surface area contributed by atoms with Crippen molar-refractivity contribution in [2.45, 2.75) is 64.2 Å². The fourth-order valence-corrected chi connectivity index (χ4v) is 3.75. The van der Waals surface area contributed by atoms with E-state index in [9.17, 15) is 14.9 Å². The third-order valence-corrected chi connectivity index (χ3v) is 5.25. The normalized spacial score (nSPS) is 17.2. The minimum atomic E-state index is -0.308. The first-order chi connectivity index (χ1) is 12.6. The molecule has 146 valence electrons. The van der Waals surface area contributed by atoms with Crippen LogP contribution < -0.4 is 5.32 Å². The predicted molar refractivity (Wildman–Crippen MR) is 105 cm³/mol. The van der Waals surface area contributed by atoms with Crippen LogP contribution in [0.15, 0.2) is 11.6 Å². The van der Waals surface area contributed by atoms with Crippen molar-refractivity contribution in [1.29, 1.82) is 0 Å². The minimum Gasteiger partial charge on any atom is -0.361 e. The van der Waals surface area contributed by atoms with Crippen molar-refractivity contribution >= 4 is 23.2 Å². The molecule has 0 radical (unpaired) electrons. The molecule has 1 aliphatic heterocycles.